The van der Waals surface area contributed by atoms with Crippen molar-refractivity contribution in [2.75, 3.05) is 13.2 Å². The van der Waals surface area contributed by atoms with E-state index in [2.05, 4.69) is 0 Å². The maximum atomic E-state index is 11.9. The van der Waals surface area contributed by atoms with E-state index in [0.717, 1.165) is 0 Å². The minimum atomic E-state index is -0.458. The van der Waals surface area contributed by atoms with Crippen molar-refractivity contribution >= 4 is 17.7 Å². The minimum Gasteiger partial charge on any atom is -0.462 e. The molecular formula is C20H18O5. The molecule has 5 nitrogen and oxygen atoms in total. The first-order valence-corrected chi connectivity index (χ1v) is 8.12. The fourth-order valence-electron chi connectivity index (χ4n) is 2.72. The molecule has 3 rings (SSSR count). The zero-order valence-corrected chi connectivity index (χ0v) is 13.6. The molecule has 1 unspecified atom stereocenters. The zero-order chi connectivity index (χ0) is 17.6. The van der Waals surface area contributed by atoms with E-state index in [9.17, 15) is 14.4 Å². The average Bonchev–Trinajstić information content (AvgIpc) is 2.66. The second-order valence-electron chi connectivity index (χ2n) is 5.97. The molecule has 2 aromatic rings. The predicted octanol–water partition coefficient (Wildman–Crippen LogP) is 2.91. The Morgan fingerprint density at radius 3 is 1.76 bits per heavy atom. The van der Waals surface area contributed by atoms with Crippen molar-refractivity contribution in [3.63, 3.8) is 0 Å². The largest absolute Gasteiger partial charge is 0.462 e. The number of rotatable bonds is 6. The lowest BCUT2D eigenvalue weighted by Crippen LogP contribution is -2.43. The quantitative estimate of drug-likeness (QED) is 0.758. The standard InChI is InChI=1S/C20H18O5/c21-18-11-16(12-24-19(22)14-7-3-1-4-8-14)17(18)13-25-20(23)15-9-5-2-6-10-15/h1-10,16-17H,11-13H2/t16?,17-/m1/s1. The number of benzene rings is 2. The van der Waals surface area contributed by atoms with Crippen molar-refractivity contribution < 1.29 is 23.9 Å². The summed E-state index contributed by atoms with van der Waals surface area (Å²) in [6.07, 6.45) is 0.343. The molecule has 0 heterocycles. The maximum absolute atomic E-state index is 11.9. The summed E-state index contributed by atoms with van der Waals surface area (Å²) >= 11 is 0. The van der Waals surface area contributed by atoms with Gasteiger partial charge in [0.2, 0.25) is 0 Å². The molecule has 2 atom stereocenters. The van der Waals surface area contributed by atoms with E-state index in [4.69, 9.17) is 9.47 Å². The summed E-state index contributed by atoms with van der Waals surface area (Å²) in [6.45, 7) is 0.160. The predicted molar refractivity (Wildman–Crippen MR) is 90.1 cm³/mol. The molecule has 0 radical (unpaired) electrons. The summed E-state index contributed by atoms with van der Waals surface area (Å²) in [5, 5.41) is 0. The van der Waals surface area contributed by atoms with Crippen LogP contribution in [0.15, 0.2) is 60.7 Å². The highest BCUT2D eigenvalue weighted by atomic mass is 16.5. The Hall–Kier alpha value is -2.95. The molecule has 0 aliphatic heterocycles. The summed E-state index contributed by atoms with van der Waals surface area (Å²) in [7, 11) is 0. The number of Topliss-reactive ketones (excluding diaryl/α,β-unsaturated/α-hetero) is 1. The molecule has 1 fully saturated rings. The van der Waals surface area contributed by atoms with E-state index in [1.165, 1.54) is 0 Å². The van der Waals surface area contributed by atoms with Crippen molar-refractivity contribution in [1.29, 1.82) is 0 Å². The van der Waals surface area contributed by atoms with Crippen LogP contribution >= 0.6 is 0 Å². The fourth-order valence-corrected chi connectivity index (χ4v) is 2.72. The molecule has 5 heteroatoms. The molecule has 0 saturated heterocycles. The second-order valence-corrected chi connectivity index (χ2v) is 5.97. The number of hydrogen-bond donors (Lipinski definition) is 0. The third-order valence-corrected chi connectivity index (χ3v) is 4.29. The molecule has 1 aliphatic carbocycles. The van der Waals surface area contributed by atoms with Gasteiger partial charge >= 0.3 is 11.9 Å². The Bertz CT molecular complexity index is 754. The summed E-state index contributed by atoms with van der Waals surface area (Å²) in [5.74, 6) is -1.36. The van der Waals surface area contributed by atoms with Crippen molar-refractivity contribution in [1.82, 2.24) is 0 Å². The maximum Gasteiger partial charge on any atom is 0.338 e. The van der Waals surface area contributed by atoms with Crippen LogP contribution < -0.4 is 0 Å². The molecule has 0 bridgehead atoms. The molecule has 1 aliphatic rings. The third-order valence-electron chi connectivity index (χ3n) is 4.29. The molecule has 0 N–H and O–H groups in total. The molecule has 0 spiro atoms. The molecule has 0 amide bonds. The van der Waals surface area contributed by atoms with Crippen LogP contribution in [-0.4, -0.2) is 30.9 Å². The molecule has 1 saturated carbocycles. The van der Waals surface area contributed by atoms with Crippen LogP contribution in [0.5, 0.6) is 0 Å². The first kappa shape index (κ1) is 16.9. The Morgan fingerprint density at radius 1 is 0.800 bits per heavy atom. The number of carbonyl (C=O) groups is 3. The van der Waals surface area contributed by atoms with Gasteiger partial charge in [-0.2, -0.15) is 0 Å². The van der Waals surface area contributed by atoms with Gasteiger partial charge in [0.25, 0.3) is 0 Å². The van der Waals surface area contributed by atoms with Crippen LogP contribution in [0, 0.1) is 11.8 Å². The van der Waals surface area contributed by atoms with Crippen LogP contribution in [-0.2, 0) is 14.3 Å². The van der Waals surface area contributed by atoms with Crippen LogP contribution in [0.2, 0.25) is 0 Å². The molecule has 2 aromatic carbocycles. The summed E-state index contributed by atoms with van der Waals surface area (Å²) in [6, 6.07) is 17.3. The first-order valence-electron chi connectivity index (χ1n) is 8.12. The van der Waals surface area contributed by atoms with Gasteiger partial charge in [0, 0.05) is 12.3 Å². The zero-order valence-electron chi connectivity index (χ0n) is 13.6. The Labute approximate surface area is 145 Å². The van der Waals surface area contributed by atoms with Gasteiger partial charge in [-0.15, -0.1) is 0 Å². The number of carbonyl (C=O) groups excluding carboxylic acids is 3. The van der Waals surface area contributed by atoms with Crippen molar-refractivity contribution in [3.8, 4) is 0 Å². The number of ether oxygens (including phenoxy) is 2. The van der Waals surface area contributed by atoms with Gasteiger partial charge < -0.3 is 9.47 Å². The molecule has 0 aromatic heterocycles. The Balaban J connectivity index is 1.48. The number of hydrogen-bond acceptors (Lipinski definition) is 5. The van der Waals surface area contributed by atoms with Gasteiger partial charge in [0.15, 0.2) is 0 Å². The third kappa shape index (κ3) is 4.12. The second kappa shape index (κ2) is 7.75. The van der Waals surface area contributed by atoms with Crippen molar-refractivity contribution in [2.45, 2.75) is 6.42 Å². The Morgan fingerprint density at radius 2 is 1.28 bits per heavy atom. The normalized spacial score (nSPS) is 19.0. The monoisotopic (exact) mass is 338 g/mol. The van der Waals surface area contributed by atoms with Gasteiger partial charge in [0.1, 0.15) is 12.4 Å². The summed E-state index contributed by atoms with van der Waals surface area (Å²) < 4.78 is 10.5. The van der Waals surface area contributed by atoms with Crippen LogP contribution in [0.4, 0.5) is 0 Å². The molecule has 25 heavy (non-hydrogen) atoms. The molecule has 128 valence electrons. The van der Waals surface area contributed by atoms with Crippen molar-refractivity contribution in [3.05, 3.63) is 71.8 Å². The van der Waals surface area contributed by atoms with Gasteiger partial charge in [-0.25, -0.2) is 9.59 Å². The smallest absolute Gasteiger partial charge is 0.338 e. The first-order chi connectivity index (χ1) is 12.1. The lowest BCUT2D eigenvalue weighted by Gasteiger charge is -2.33. The van der Waals surface area contributed by atoms with Crippen LogP contribution in [0.3, 0.4) is 0 Å². The van der Waals surface area contributed by atoms with E-state index in [1.54, 1.807) is 48.5 Å². The number of esters is 2. The molecular weight excluding hydrogens is 320 g/mol. The SMILES string of the molecule is O=C(OCC1CC(=O)[C@@H]1COC(=O)c1ccccc1)c1ccccc1. The van der Waals surface area contributed by atoms with E-state index in [1.807, 2.05) is 12.1 Å². The summed E-state index contributed by atoms with van der Waals surface area (Å²) in [5.41, 5.74) is 0.918. The van der Waals surface area contributed by atoms with Gasteiger partial charge in [-0.3, -0.25) is 4.79 Å². The van der Waals surface area contributed by atoms with E-state index in [-0.39, 0.29) is 24.9 Å². The number of ketones is 1. The van der Waals surface area contributed by atoms with E-state index >= 15 is 0 Å². The van der Waals surface area contributed by atoms with Gasteiger partial charge in [-0.1, -0.05) is 36.4 Å². The van der Waals surface area contributed by atoms with Crippen LogP contribution in [0.1, 0.15) is 27.1 Å². The average molecular weight is 338 g/mol. The highest BCUT2D eigenvalue weighted by Gasteiger charge is 2.41. The lowest BCUT2D eigenvalue weighted by molar-refractivity contribution is -0.138. The summed E-state index contributed by atoms with van der Waals surface area (Å²) in [4.78, 5) is 35.6. The van der Waals surface area contributed by atoms with E-state index in [0.29, 0.717) is 17.5 Å². The minimum absolute atomic E-state index is 0.0140. The van der Waals surface area contributed by atoms with Crippen LogP contribution in [0.25, 0.3) is 0 Å². The van der Waals surface area contributed by atoms with E-state index < -0.39 is 17.9 Å². The fraction of sp³-hybridized carbons (Fsp3) is 0.250. The highest BCUT2D eigenvalue weighted by molar-refractivity contribution is 5.91. The van der Waals surface area contributed by atoms with Crippen molar-refractivity contribution in [2.24, 2.45) is 11.8 Å². The Kier molecular flexibility index (Phi) is 5.23. The topological polar surface area (TPSA) is 69.7 Å². The van der Waals surface area contributed by atoms with Gasteiger partial charge in [0.05, 0.1) is 23.7 Å². The highest BCUT2D eigenvalue weighted by Crippen LogP contribution is 2.31. The van der Waals surface area contributed by atoms with Gasteiger partial charge in [-0.05, 0) is 24.3 Å². The lowest BCUT2D eigenvalue weighted by atomic mass is 9.73.